The van der Waals surface area contributed by atoms with Gasteiger partial charge in [-0.15, -0.1) is 6.58 Å². The van der Waals surface area contributed by atoms with Crippen molar-refractivity contribution in [1.29, 1.82) is 0 Å². The average Bonchev–Trinajstić information content (AvgIpc) is 2.04. The predicted octanol–water partition coefficient (Wildman–Crippen LogP) is 2.29. The summed E-state index contributed by atoms with van der Waals surface area (Å²) < 4.78 is 24.1. The van der Waals surface area contributed by atoms with Crippen LogP contribution < -0.4 is 0 Å². The quantitative estimate of drug-likeness (QED) is 0.595. The van der Waals surface area contributed by atoms with Gasteiger partial charge in [0.15, 0.2) is 0 Å². The molecule has 1 fully saturated rings. The summed E-state index contributed by atoms with van der Waals surface area (Å²) in [6.07, 6.45) is 2.72. The Kier molecular flexibility index (Phi) is 3.66. The fraction of sp³-hybridized carbons (Fsp3) is 0.778. The van der Waals surface area contributed by atoms with Crippen LogP contribution in [0.2, 0.25) is 0 Å². The minimum Gasteiger partial charge on any atom is -0.291 e. The Bertz CT molecular complexity index is 147. The number of rotatable bonds is 3. The number of nitrogens with zero attached hydrogens (tertiary/aromatic N) is 1. The molecule has 70 valence electrons. The Labute approximate surface area is 72.1 Å². The van der Waals surface area contributed by atoms with Crippen molar-refractivity contribution in [2.24, 2.45) is 0 Å². The van der Waals surface area contributed by atoms with E-state index < -0.39 is 6.43 Å². The van der Waals surface area contributed by atoms with Gasteiger partial charge in [-0.05, 0) is 19.4 Å². The maximum absolute atomic E-state index is 12.1. The first-order chi connectivity index (χ1) is 5.74. The molecule has 0 radical (unpaired) electrons. The van der Waals surface area contributed by atoms with Crippen LogP contribution in [0.15, 0.2) is 12.7 Å². The van der Waals surface area contributed by atoms with Crippen molar-refractivity contribution in [2.45, 2.75) is 31.7 Å². The Balaban J connectivity index is 2.41. The summed E-state index contributed by atoms with van der Waals surface area (Å²) in [5.41, 5.74) is 0. The van der Waals surface area contributed by atoms with E-state index in [1.807, 2.05) is 4.90 Å². The molecule has 1 rings (SSSR count). The number of likely N-dealkylation sites (tertiary alicyclic amines) is 1. The van der Waals surface area contributed by atoms with E-state index in [1.165, 1.54) is 0 Å². The third kappa shape index (κ3) is 2.55. The maximum atomic E-state index is 12.1. The fourth-order valence-electron chi connectivity index (χ4n) is 1.69. The van der Waals surface area contributed by atoms with Gasteiger partial charge in [-0.3, -0.25) is 4.90 Å². The van der Waals surface area contributed by atoms with E-state index in [0.717, 1.165) is 25.8 Å². The van der Waals surface area contributed by atoms with Crippen molar-refractivity contribution < 1.29 is 8.78 Å². The molecule has 0 aliphatic carbocycles. The van der Waals surface area contributed by atoms with Gasteiger partial charge >= 0.3 is 0 Å². The molecular weight excluding hydrogens is 160 g/mol. The minimum atomic E-state index is -2.22. The van der Waals surface area contributed by atoms with Gasteiger partial charge in [-0.2, -0.15) is 0 Å². The van der Waals surface area contributed by atoms with E-state index in [0.29, 0.717) is 0 Å². The van der Waals surface area contributed by atoms with Crippen LogP contribution in [0.4, 0.5) is 8.78 Å². The molecule has 0 bridgehead atoms. The van der Waals surface area contributed by atoms with Gasteiger partial charge in [-0.25, -0.2) is 8.78 Å². The van der Waals surface area contributed by atoms with Crippen LogP contribution in [0.3, 0.4) is 0 Å². The summed E-state index contributed by atoms with van der Waals surface area (Å²) >= 11 is 0. The lowest BCUT2D eigenvalue weighted by atomic mass is 10.0. The predicted molar refractivity (Wildman–Crippen MR) is 45.4 cm³/mol. The molecule has 3 heteroatoms. The molecule has 0 amide bonds. The molecule has 0 spiro atoms. The van der Waals surface area contributed by atoms with Gasteiger partial charge in [0.1, 0.15) is 0 Å². The SMILES string of the molecule is C=CC1CCCCN1CC(F)F. The van der Waals surface area contributed by atoms with Gasteiger partial charge in [0.05, 0.1) is 6.54 Å². The lowest BCUT2D eigenvalue weighted by Gasteiger charge is -2.33. The van der Waals surface area contributed by atoms with E-state index in [9.17, 15) is 8.78 Å². The lowest BCUT2D eigenvalue weighted by molar-refractivity contribution is 0.0620. The Morgan fingerprint density at radius 3 is 2.83 bits per heavy atom. The maximum Gasteiger partial charge on any atom is 0.251 e. The Morgan fingerprint density at radius 1 is 1.50 bits per heavy atom. The molecule has 12 heavy (non-hydrogen) atoms. The van der Waals surface area contributed by atoms with Crippen LogP contribution in [0, 0.1) is 0 Å². The van der Waals surface area contributed by atoms with E-state index in [4.69, 9.17) is 0 Å². The van der Waals surface area contributed by atoms with Crippen molar-refractivity contribution in [3.05, 3.63) is 12.7 Å². The zero-order valence-electron chi connectivity index (χ0n) is 7.18. The fourth-order valence-corrected chi connectivity index (χ4v) is 1.69. The smallest absolute Gasteiger partial charge is 0.251 e. The van der Waals surface area contributed by atoms with E-state index in [-0.39, 0.29) is 12.6 Å². The van der Waals surface area contributed by atoms with Gasteiger partial charge in [0.25, 0.3) is 6.43 Å². The molecule has 1 aliphatic rings. The van der Waals surface area contributed by atoms with Crippen LogP contribution in [0.1, 0.15) is 19.3 Å². The van der Waals surface area contributed by atoms with Crippen molar-refractivity contribution in [3.8, 4) is 0 Å². The molecular formula is C9H15F2N. The molecule has 1 unspecified atom stereocenters. The summed E-state index contributed by atoms with van der Waals surface area (Å²) in [7, 11) is 0. The van der Waals surface area contributed by atoms with Gasteiger partial charge in [-0.1, -0.05) is 12.5 Å². The lowest BCUT2D eigenvalue weighted by Crippen LogP contribution is -2.40. The molecule has 1 heterocycles. The second-order valence-corrected chi connectivity index (χ2v) is 3.18. The monoisotopic (exact) mass is 175 g/mol. The van der Waals surface area contributed by atoms with Gasteiger partial charge < -0.3 is 0 Å². The van der Waals surface area contributed by atoms with Crippen LogP contribution in [0.5, 0.6) is 0 Å². The molecule has 1 nitrogen and oxygen atoms in total. The van der Waals surface area contributed by atoms with Crippen molar-refractivity contribution >= 4 is 0 Å². The van der Waals surface area contributed by atoms with Crippen LogP contribution in [-0.4, -0.2) is 30.5 Å². The molecule has 0 N–H and O–H groups in total. The molecule has 1 atom stereocenters. The largest absolute Gasteiger partial charge is 0.291 e. The third-order valence-electron chi connectivity index (χ3n) is 2.31. The second kappa shape index (κ2) is 4.55. The Hall–Kier alpha value is -0.440. The number of hydrogen-bond donors (Lipinski definition) is 0. The van der Waals surface area contributed by atoms with Gasteiger partial charge in [0.2, 0.25) is 0 Å². The summed E-state index contributed by atoms with van der Waals surface area (Å²) in [6.45, 7) is 4.35. The molecule has 0 saturated carbocycles. The highest BCUT2D eigenvalue weighted by molar-refractivity contribution is 4.90. The van der Waals surface area contributed by atoms with Gasteiger partial charge in [0, 0.05) is 6.04 Å². The number of alkyl halides is 2. The molecule has 0 aromatic carbocycles. The summed E-state index contributed by atoms with van der Waals surface area (Å²) in [4.78, 5) is 1.82. The number of hydrogen-bond acceptors (Lipinski definition) is 1. The molecule has 1 aliphatic heterocycles. The number of halogens is 2. The van der Waals surface area contributed by atoms with Crippen LogP contribution in [0.25, 0.3) is 0 Å². The Morgan fingerprint density at radius 2 is 2.25 bits per heavy atom. The van der Waals surface area contributed by atoms with Crippen LogP contribution >= 0.6 is 0 Å². The topological polar surface area (TPSA) is 3.24 Å². The summed E-state index contributed by atoms with van der Waals surface area (Å²) in [5.74, 6) is 0. The van der Waals surface area contributed by atoms with E-state index in [2.05, 4.69) is 6.58 Å². The first kappa shape index (κ1) is 9.65. The van der Waals surface area contributed by atoms with Crippen molar-refractivity contribution in [1.82, 2.24) is 4.90 Å². The third-order valence-corrected chi connectivity index (χ3v) is 2.31. The zero-order valence-corrected chi connectivity index (χ0v) is 7.18. The highest BCUT2D eigenvalue weighted by Crippen LogP contribution is 2.18. The normalized spacial score (nSPS) is 26.1. The molecule has 1 saturated heterocycles. The zero-order chi connectivity index (χ0) is 8.97. The summed E-state index contributed by atoms with van der Waals surface area (Å²) in [6, 6.07) is 0.174. The molecule has 0 aromatic heterocycles. The standard InChI is InChI=1S/C9H15F2N/c1-2-8-5-3-4-6-12(8)7-9(10)11/h2,8-9H,1,3-7H2. The average molecular weight is 175 g/mol. The first-order valence-corrected chi connectivity index (χ1v) is 4.39. The van der Waals surface area contributed by atoms with Crippen LogP contribution in [-0.2, 0) is 0 Å². The first-order valence-electron chi connectivity index (χ1n) is 4.39. The minimum absolute atomic E-state index is 0.101. The molecule has 0 aromatic rings. The van der Waals surface area contributed by atoms with E-state index in [1.54, 1.807) is 6.08 Å². The van der Waals surface area contributed by atoms with Crippen molar-refractivity contribution in [2.75, 3.05) is 13.1 Å². The van der Waals surface area contributed by atoms with E-state index >= 15 is 0 Å². The highest BCUT2D eigenvalue weighted by atomic mass is 19.3. The highest BCUT2D eigenvalue weighted by Gasteiger charge is 2.21. The summed E-state index contributed by atoms with van der Waals surface area (Å²) in [5, 5.41) is 0. The number of piperidine rings is 1. The van der Waals surface area contributed by atoms with Crippen molar-refractivity contribution in [3.63, 3.8) is 0 Å². The second-order valence-electron chi connectivity index (χ2n) is 3.18.